The number of esters is 2. The van der Waals surface area contributed by atoms with E-state index in [2.05, 4.69) is 0 Å². The minimum atomic E-state index is -2.70. The molecule has 11 heteroatoms. The van der Waals surface area contributed by atoms with Crippen molar-refractivity contribution in [2.45, 2.75) is 13.8 Å². The zero-order valence-corrected chi connectivity index (χ0v) is 19.7. The molecule has 0 aliphatic heterocycles. The van der Waals surface area contributed by atoms with Crippen molar-refractivity contribution in [1.82, 2.24) is 0 Å². The first kappa shape index (κ1) is 27.0. The number of carboxylic acids is 2. The number of halogens is 1. The van der Waals surface area contributed by atoms with Gasteiger partial charge in [-0.2, -0.15) is 0 Å². The van der Waals surface area contributed by atoms with Crippen LogP contribution in [0.15, 0.2) is 41.0 Å². The van der Waals surface area contributed by atoms with Crippen LogP contribution in [-0.2, 0) is 33.4 Å². The molecule has 1 aromatic carbocycles. The molecule has 0 aromatic heterocycles. The van der Waals surface area contributed by atoms with Gasteiger partial charge in [0.25, 0.3) is 0 Å². The molecule has 4 N–H and O–H groups in total. The number of aliphatic carboxylic acids is 2. The fraction of sp³-hybridized carbons (Fsp3) is 0.391. The maximum atomic E-state index is 13.5. The number of ether oxygens (including phenoxy) is 3. The Morgan fingerprint density at radius 3 is 2.32 bits per heavy atom. The van der Waals surface area contributed by atoms with Crippen LogP contribution in [0.5, 0.6) is 0 Å². The van der Waals surface area contributed by atoms with Crippen molar-refractivity contribution < 1.29 is 43.6 Å². The Morgan fingerprint density at radius 1 is 1.18 bits per heavy atom. The van der Waals surface area contributed by atoms with Crippen LogP contribution >= 0.6 is 11.6 Å². The zero-order chi connectivity index (χ0) is 25.6. The molecule has 1 aliphatic carbocycles. The van der Waals surface area contributed by atoms with Crippen molar-refractivity contribution in [1.29, 1.82) is 0 Å². The fourth-order valence-electron chi connectivity index (χ4n) is 4.17. The average molecular weight is 496 g/mol. The molecule has 0 bridgehead atoms. The van der Waals surface area contributed by atoms with Gasteiger partial charge in [-0.1, -0.05) is 29.8 Å². The SMILES string of the molecule is CCOC(=O)C1(C(=O)O)C(c2ccccc2Cl)=C(C(=O)OC)C(C)=C(C(=O)O)C1COCCN. The van der Waals surface area contributed by atoms with Crippen LogP contribution in [-0.4, -0.2) is 67.6 Å². The third-order valence-corrected chi connectivity index (χ3v) is 5.87. The van der Waals surface area contributed by atoms with E-state index in [1.807, 2.05) is 0 Å². The molecule has 2 unspecified atom stereocenters. The quantitative estimate of drug-likeness (QED) is 0.248. The molecular weight excluding hydrogens is 470 g/mol. The van der Waals surface area contributed by atoms with Crippen molar-refractivity contribution in [3.63, 3.8) is 0 Å². The lowest BCUT2D eigenvalue weighted by Crippen LogP contribution is -2.53. The molecule has 34 heavy (non-hydrogen) atoms. The highest BCUT2D eigenvalue weighted by molar-refractivity contribution is 6.33. The van der Waals surface area contributed by atoms with E-state index in [1.54, 1.807) is 6.07 Å². The minimum Gasteiger partial charge on any atom is -0.480 e. The van der Waals surface area contributed by atoms with Gasteiger partial charge in [-0.25, -0.2) is 9.59 Å². The molecular formula is C23H26ClNO9. The lowest BCUT2D eigenvalue weighted by atomic mass is 9.59. The first-order valence-electron chi connectivity index (χ1n) is 10.3. The van der Waals surface area contributed by atoms with Crippen molar-refractivity contribution in [2.24, 2.45) is 17.1 Å². The number of methoxy groups -OCH3 is 1. The summed E-state index contributed by atoms with van der Waals surface area (Å²) in [6, 6.07) is 5.98. The summed E-state index contributed by atoms with van der Waals surface area (Å²) in [6.07, 6.45) is 0. The Hall–Kier alpha value is -3.21. The van der Waals surface area contributed by atoms with E-state index in [4.69, 9.17) is 31.5 Å². The summed E-state index contributed by atoms with van der Waals surface area (Å²) in [5.74, 6) is -7.18. The molecule has 0 spiro atoms. The maximum Gasteiger partial charge on any atom is 0.338 e. The van der Waals surface area contributed by atoms with E-state index in [9.17, 15) is 29.4 Å². The Balaban J connectivity index is 3.17. The third-order valence-electron chi connectivity index (χ3n) is 5.54. The van der Waals surface area contributed by atoms with Gasteiger partial charge in [-0.3, -0.25) is 9.59 Å². The Morgan fingerprint density at radius 2 is 1.82 bits per heavy atom. The monoisotopic (exact) mass is 495 g/mol. The van der Waals surface area contributed by atoms with Crippen molar-refractivity contribution in [3.8, 4) is 0 Å². The van der Waals surface area contributed by atoms with Crippen molar-refractivity contribution >= 4 is 41.1 Å². The predicted octanol–water partition coefficient (Wildman–Crippen LogP) is 1.91. The van der Waals surface area contributed by atoms with Crippen LogP contribution in [0.3, 0.4) is 0 Å². The fourth-order valence-corrected chi connectivity index (χ4v) is 4.40. The molecule has 0 radical (unpaired) electrons. The number of carbonyl (C=O) groups excluding carboxylic acids is 2. The van der Waals surface area contributed by atoms with Gasteiger partial charge in [-0.05, 0) is 31.1 Å². The summed E-state index contributed by atoms with van der Waals surface area (Å²) in [5, 5.41) is 20.7. The van der Waals surface area contributed by atoms with Crippen LogP contribution in [0, 0.1) is 11.3 Å². The normalized spacial score (nSPS) is 20.2. The lowest BCUT2D eigenvalue weighted by molar-refractivity contribution is -0.168. The standard InChI is InChI=1S/C23H26ClNO9/c1-4-34-22(31)23(21(29)30)14(11-33-10-9-25)16(19(26)27)12(2)17(20(28)32-3)18(23)13-7-5-6-8-15(13)24/h5-8,14H,4,9-11,25H2,1-3H3,(H,26,27)(H,29,30). The Bertz CT molecular complexity index is 1060. The van der Waals surface area contributed by atoms with Crippen molar-refractivity contribution in [3.05, 3.63) is 51.6 Å². The summed E-state index contributed by atoms with van der Waals surface area (Å²) in [5.41, 5.74) is 1.48. The first-order chi connectivity index (χ1) is 16.1. The second-order valence-electron chi connectivity index (χ2n) is 7.32. The van der Waals surface area contributed by atoms with Gasteiger partial charge in [0.15, 0.2) is 0 Å². The van der Waals surface area contributed by atoms with Crippen LogP contribution in [0.4, 0.5) is 0 Å². The van der Waals surface area contributed by atoms with Crippen LogP contribution < -0.4 is 5.73 Å². The Kier molecular flexibility index (Phi) is 8.97. The summed E-state index contributed by atoms with van der Waals surface area (Å²) < 4.78 is 15.5. The third kappa shape index (κ3) is 4.56. The van der Waals surface area contributed by atoms with Gasteiger partial charge in [0, 0.05) is 28.6 Å². The van der Waals surface area contributed by atoms with Gasteiger partial charge in [0.1, 0.15) is 0 Å². The largest absolute Gasteiger partial charge is 0.480 e. The summed E-state index contributed by atoms with van der Waals surface area (Å²) in [7, 11) is 1.05. The molecule has 1 aromatic rings. The molecule has 0 fully saturated rings. The van der Waals surface area contributed by atoms with Gasteiger partial charge in [0.2, 0.25) is 5.41 Å². The summed E-state index contributed by atoms with van der Waals surface area (Å²) >= 11 is 6.39. The highest BCUT2D eigenvalue weighted by Gasteiger charge is 2.63. The van der Waals surface area contributed by atoms with E-state index in [1.165, 1.54) is 32.0 Å². The number of benzene rings is 1. The number of nitrogens with two attached hydrogens (primary N) is 1. The van der Waals surface area contributed by atoms with E-state index >= 15 is 0 Å². The van der Waals surface area contributed by atoms with E-state index in [0.717, 1.165) is 7.11 Å². The number of rotatable bonds is 10. The van der Waals surface area contributed by atoms with Gasteiger partial charge < -0.3 is 30.2 Å². The topological polar surface area (TPSA) is 162 Å². The molecule has 1 aliphatic rings. The molecule has 0 heterocycles. The van der Waals surface area contributed by atoms with Crippen LogP contribution in [0.2, 0.25) is 5.02 Å². The highest BCUT2D eigenvalue weighted by atomic mass is 35.5. The molecule has 0 amide bonds. The molecule has 2 atom stereocenters. The van der Waals surface area contributed by atoms with Gasteiger partial charge in [0.05, 0.1) is 32.5 Å². The molecule has 0 saturated carbocycles. The minimum absolute atomic E-state index is 0.0297. The maximum absolute atomic E-state index is 13.5. The Labute approximate surface area is 200 Å². The number of hydrogen-bond donors (Lipinski definition) is 3. The second-order valence-corrected chi connectivity index (χ2v) is 7.72. The van der Waals surface area contributed by atoms with Gasteiger partial charge in [-0.15, -0.1) is 0 Å². The summed E-state index contributed by atoms with van der Waals surface area (Å²) in [6.45, 7) is 2.12. The number of carboxylic acid groups (broad SMARTS) is 2. The number of hydrogen-bond acceptors (Lipinski definition) is 8. The molecule has 2 rings (SSSR count). The predicted molar refractivity (Wildman–Crippen MR) is 121 cm³/mol. The van der Waals surface area contributed by atoms with E-state index < -0.39 is 53.0 Å². The number of carbonyl (C=O) groups is 4. The van der Waals surface area contributed by atoms with Gasteiger partial charge >= 0.3 is 23.9 Å². The zero-order valence-electron chi connectivity index (χ0n) is 18.9. The highest BCUT2D eigenvalue weighted by Crippen LogP contribution is 2.54. The van der Waals surface area contributed by atoms with Crippen molar-refractivity contribution in [2.75, 3.05) is 33.5 Å². The average Bonchev–Trinajstić information content (AvgIpc) is 2.78. The molecule has 10 nitrogen and oxygen atoms in total. The van der Waals surface area contributed by atoms with E-state index in [0.29, 0.717) is 0 Å². The smallest absolute Gasteiger partial charge is 0.338 e. The lowest BCUT2D eigenvalue weighted by Gasteiger charge is -2.42. The van der Waals surface area contributed by atoms with E-state index in [-0.39, 0.29) is 41.5 Å². The van der Waals surface area contributed by atoms with Crippen LogP contribution in [0.25, 0.3) is 5.57 Å². The molecule has 184 valence electrons. The summed E-state index contributed by atoms with van der Waals surface area (Å²) in [4.78, 5) is 51.9. The first-order valence-corrected chi connectivity index (χ1v) is 10.7. The second kappa shape index (κ2) is 11.3. The van der Waals surface area contributed by atoms with Crippen LogP contribution in [0.1, 0.15) is 19.4 Å². The molecule has 0 saturated heterocycles.